The van der Waals surface area contributed by atoms with Crippen LogP contribution in [0.2, 0.25) is 0 Å². The zero-order valence-electron chi connectivity index (χ0n) is 7.08. The van der Waals surface area contributed by atoms with Crippen molar-refractivity contribution in [2.45, 2.75) is 12.4 Å². The molecule has 0 spiro atoms. The Morgan fingerprint density at radius 1 is 1.57 bits per heavy atom. The van der Waals surface area contributed by atoms with E-state index < -0.39 is 25.0 Å². The third-order valence-electron chi connectivity index (χ3n) is 1.11. The molecule has 0 fully saturated rings. The Labute approximate surface area is 82.6 Å². The summed E-state index contributed by atoms with van der Waals surface area (Å²) in [6.45, 7) is -0.499. The maximum Gasteiger partial charge on any atom is 0.522 e. The fourth-order valence-corrected chi connectivity index (χ4v) is 1.26. The Balaban J connectivity index is 3.35. The van der Waals surface area contributed by atoms with Crippen molar-refractivity contribution in [2.24, 2.45) is 5.73 Å². The second-order valence-electron chi connectivity index (χ2n) is 2.31. The van der Waals surface area contributed by atoms with Crippen molar-refractivity contribution in [1.82, 2.24) is 0 Å². The molecule has 0 aromatic carbocycles. The third-order valence-corrected chi connectivity index (χ3v) is 2.16. The maximum atomic E-state index is 11.4. The molecule has 0 rings (SSSR count). The van der Waals surface area contributed by atoms with E-state index in [9.17, 15) is 18.0 Å². The van der Waals surface area contributed by atoms with Gasteiger partial charge in [0.25, 0.3) is 0 Å². The van der Waals surface area contributed by atoms with Crippen LogP contribution in [0.3, 0.4) is 0 Å². The van der Waals surface area contributed by atoms with Gasteiger partial charge in [0.05, 0.1) is 6.61 Å². The molecule has 0 radical (unpaired) electrons. The normalized spacial score (nSPS) is 14.0. The summed E-state index contributed by atoms with van der Waals surface area (Å²) in [7, 11) is 0. The van der Waals surface area contributed by atoms with E-state index in [4.69, 9.17) is 10.8 Å². The van der Waals surface area contributed by atoms with Gasteiger partial charge in [0.2, 0.25) is 0 Å². The van der Waals surface area contributed by atoms with E-state index in [-0.39, 0.29) is 11.5 Å². The predicted octanol–water partition coefficient (Wildman–Crippen LogP) is 0.668. The molecule has 0 aromatic heterocycles. The molecule has 3 N–H and O–H groups in total. The molecule has 0 aliphatic heterocycles. The summed E-state index contributed by atoms with van der Waals surface area (Å²) in [5, 5.41) is 8.32. The summed E-state index contributed by atoms with van der Waals surface area (Å²) in [5.41, 5.74) is 5.10. The Kier molecular flexibility index (Phi) is 5.89. The quantitative estimate of drug-likeness (QED) is 0.659. The van der Waals surface area contributed by atoms with E-state index >= 15 is 0 Å². The molecule has 8 heteroatoms. The predicted molar refractivity (Wildman–Crippen MR) is 44.9 cm³/mol. The van der Waals surface area contributed by atoms with Gasteiger partial charge in [0, 0.05) is 11.5 Å². The first-order valence-electron chi connectivity index (χ1n) is 3.60. The first-order chi connectivity index (χ1) is 6.33. The first kappa shape index (κ1) is 13.5. The van der Waals surface area contributed by atoms with Crippen molar-refractivity contribution in [3.8, 4) is 0 Å². The van der Waals surface area contributed by atoms with Crippen LogP contribution in [0, 0.1) is 0 Å². The number of carbonyl (C=O) groups is 1. The molecular formula is C6H10F3NO3S. The Hall–Kier alpha value is -0.470. The first-order valence-corrected chi connectivity index (χ1v) is 4.75. The van der Waals surface area contributed by atoms with Crippen molar-refractivity contribution in [2.75, 3.05) is 18.1 Å². The number of carboxylic acids is 1. The van der Waals surface area contributed by atoms with Gasteiger partial charge < -0.3 is 10.8 Å². The van der Waals surface area contributed by atoms with Crippen molar-refractivity contribution in [3.05, 3.63) is 0 Å². The average molecular weight is 233 g/mol. The SMILES string of the molecule is N[C@@H](CSCCOC(F)(F)F)C(=O)O. The second kappa shape index (κ2) is 6.10. The van der Waals surface area contributed by atoms with E-state index in [1.165, 1.54) is 0 Å². The number of nitrogens with two attached hydrogens (primary N) is 1. The highest BCUT2D eigenvalue weighted by Crippen LogP contribution is 2.16. The standard InChI is InChI=1S/C6H10F3NO3S/c7-6(8,9)13-1-2-14-3-4(10)5(11)12/h4H,1-3,10H2,(H,11,12)/t4-/m0/s1. The highest BCUT2D eigenvalue weighted by molar-refractivity contribution is 7.99. The van der Waals surface area contributed by atoms with Crippen LogP contribution in [0.15, 0.2) is 0 Å². The number of halogens is 3. The highest BCUT2D eigenvalue weighted by Gasteiger charge is 2.28. The molecule has 84 valence electrons. The summed E-state index contributed by atoms with van der Waals surface area (Å²) in [6.07, 6.45) is -4.63. The fourth-order valence-electron chi connectivity index (χ4n) is 0.498. The van der Waals surface area contributed by atoms with E-state index in [1.807, 2.05) is 0 Å². The number of hydrogen-bond donors (Lipinski definition) is 2. The summed E-state index contributed by atoms with van der Waals surface area (Å²) >= 11 is 1.000. The topological polar surface area (TPSA) is 72.5 Å². The van der Waals surface area contributed by atoms with Gasteiger partial charge in [-0.25, -0.2) is 0 Å². The summed E-state index contributed by atoms with van der Waals surface area (Å²) in [6, 6.07) is -1.05. The minimum Gasteiger partial charge on any atom is -0.480 e. The molecule has 0 saturated carbocycles. The van der Waals surface area contributed by atoms with Gasteiger partial charge in [-0.05, 0) is 0 Å². The van der Waals surface area contributed by atoms with Crippen molar-refractivity contribution in [1.29, 1.82) is 0 Å². The zero-order chi connectivity index (χ0) is 11.2. The van der Waals surface area contributed by atoms with Crippen LogP contribution in [-0.4, -0.2) is 41.6 Å². The van der Waals surface area contributed by atoms with Crippen molar-refractivity contribution < 1.29 is 27.8 Å². The van der Waals surface area contributed by atoms with Gasteiger partial charge in [0.15, 0.2) is 0 Å². The highest BCUT2D eigenvalue weighted by atomic mass is 32.2. The smallest absolute Gasteiger partial charge is 0.480 e. The van der Waals surface area contributed by atoms with Crippen LogP contribution >= 0.6 is 11.8 Å². The molecule has 14 heavy (non-hydrogen) atoms. The molecule has 0 amide bonds. The third kappa shape index (κ3) is 8.14. The number of hydrogen-bond acceptors (Lipinski definition) is 4. The van der Waals surface area contributed by atoms with E-state index in [0.29, 0.717) is 0 Å². The lowest BCUT2D eigenvalue weighted by Crippen LogP contribution is -2.32. The molecular weight excluding hydrogens is 223 g/mol. The lowest BCUT2D eigenvalue weighted by atomic mass is 10.4. The summed E-state index contributed by atoms with van der Waals surface area (Å²) in [4.78, 5) is 10.2. The van der Waals surface area contributed by atoms with E-state index in [2.05, 4.69) is 4.74 Å². The van der Waals surface area contributed by atoms with Crippen LogP contribution in [0.4, 0.5) is 13.2 Å². The maximum absolute atomic E-state index is 11.4. The molecule has 4 nitrogen and oxygen atoms in total. The second-order valence-corrected chi connectivity index (χ2v) is 3.46. The summed E-state index contributed by atoms with van der Waals surface area (Å²) in [5.74, 6) is -1.05. The van der Waals surface area contributed by atoms with E-state index in [0.717, 1.165) is 11.8 Å². The summed E-state index contributed by atoms with van der Waals surface area (Å²) < 4.78 is 37.7. The zero-order valence-corrected chi connectivity index (χ0v) is 7.90. The Morgan fingerprint density at radius 2 is 2.14 bits per heavy atom. The minimum absolute atomic E-state index is 0.0560. The molecule has 0 saturated heterocycles. The molecule has 1 atom stereocenters. The minimum atomic E-state index is -4.63. The molecule has 0 bridgehead atoms. The van der Waals surface area contributed by atoms with Gasteiger partial charge in [-0.1, -0.05) is 0 Å². The van der Waals surface area contributed by atoms with Crippen LogP contribution in [-0.2, 0) is 9.53 Å². The monoisotopic (exact) mass is 233 g/mol. The molecule has 0 aromatic rings. The van der Waals surface area contributed by atoms with E-state index in [1.54, 1.807) is 0 Å². The van der Waals surface area contributed by atoms with Crippen molar-refractivity contribution in [3.63, 3.8) is 0 Å². The molecule has 0 heterocycles. The number of carboxylic acid groups (broad SMARTS) is 1. The van der Waals surface area contributed by atoms with Crippen LogP contribution in [0.25, 0.3) is 0 Å². The Morgan fingerprint density at radius 3 is 2.57 bits per heavy atom. The molecule has 0 aliphatic carbocycles. The number of rotatable bonds is 6. The lowest BCUT2D eigenvalue weighted by Gasteiger charge is -2.08. The average Bonchev–Trinajstić information content (AvgIpc) is 2.01. The lowest BCUT2D eigenvalue weighted by molar-refractivity contribution is -0.322. The molecule has 0 aliphatic rings. The number of thioether (sulfide) groups is 1. The van der Waals surface area contributed by atoms with Gasteiger partial charge >= 0.3 is 12.3 Å². The van der Waals surface area contributed by atoms with Crippen LogP contribution < -0.4 is 5.73 Å². The van der Waals surface area contributed by atoms with Gasteiger partial charge in [0.1, 0.15) is 6.04 Å². The van der Waals surface area contributed by atoms with Crippen molar-refractivity contribution >= 4 is 17.7 Å². The van der Waals surface area contributed by atoms with Crippen LogP contribution in [0.1, 0.15) is 0 Å². The largest absolute Gasteiger partial charge is 0.522 e. The Bertz CT molecular complexity index is 188. The molecule has 0 unspecified atom stereocenters. The fraction of sp³-hybridized carbons (Fsp3) is 0.833. The number of aliphatic carboxylic acids is 1. The van der Waals surface area contributed by atoms with Crippen LogP contribution in [0.5, 0.6) is 0 Å². The number of alkyl halides is 3. The number of ether oxygens (including phenoxy) is 1. The van der Waals surface area contributed by atoms with Gasteiger partial charge in [-0.2, -0.15) is 11.8 Å². The van der Waals surface area contributed by atoms with Gasteiger partial charge in [-0.15, -0.1) is 13.2 Å². The van der Waals surface area contributed by atoms with Gasteiger partial charge in [-0.3, -0.25) is 9.53 Å².